The highest BCUT2D eigenvalue weighted by molar-refractivity contribution is 5.72. The van der Waals surface area contributed by atoms with E-state index in [2.05, 4.69) is 10.6 Å². The van der Waals surface area contributed by atoms with E-state index < -0.39 is 0 Å². The summed E-state index contributed by atoms with van der Waals surface area (Å²) in [5, 5.41) is 6.21. The number of amides is 1. The van der Waals surface area contributed by atoms with Gasteiger partial charge >= 0.3 is 0 Å². The summed E-state index contributed by atoms with van der Waals surface area (Å²) in [6.45, 7) is 4.81. The van der Waals surface area contributed by atoms with Crippen LogP contribution in [0.5, 0.6) is 0 Å². The Kier molecular flexibility index (Phi) is 5.60. The predicted octanol–water partition coefficient (Wildman–Crippen LogP) is 1.29. The van der Waals surface area contributed by atoms with Crippen LogP contribution < -0.4 is 10.6 Å². The van der Waals surface area contributed by atoms with Crippen LogP contribution in [0.4, 0.5) is 0 Å². The summed E-state index contributed by atoms with van der Waals surface area (Å²) in [7, 11) is 0. The molecule has 3 heteroatoms. The number of rotatable bonds is 5. The molecule has 2 N–H and O–H groups in total. The molecule has 3 nitrogen and oxygen atoms in total. The van der Waals surface area contributed by atoms with Gasteiger partial charge in [0.2, 0.25) is 5.91 Å². The zero-order valence-electron chi connectivity index (χ0n) is 9.14. The second-order valence-electron chi connectivity index (χ2n) is 4.17. The fourth-order valence-electron chi connectivity index (χ4n) is 1.99. The van der Waals surface area contributed by atoms with Gasteiger partial charge in [0, 0.05) is 13.5 Å². The number of unbranched alkanes of at least 4 members (excludes halogenated alkanes) is 1. The number of piperidine rings is 1. The largest absolute Gasteiger partial charge is 0.356 e. The van der Waals surface area contributed by atoms with E-state index in [9.17, 15) is 4.79 Å². The van der Waals surface area contributed by atoms with E-state index in [1.807, 2.05) is 0 Å². The number of carbonyl (C=O) groups is 1. The molecule has 14 heavy (non-hydrogen) atoms. The highest BCUT2D eigenvalue weighted by atomic mass is 16.1. The molecule has 0 atom stereocenters. The van der Waals surface area contributed by atoms with Gasteiger partial charge in [-0.15, -0.1) is 0 Å². The molecule has 82 valence electrons. The van der Waals surface area contributed by atoms with Gasteiger partial charge in [-0.3, -0.25) is 4.79 Å². The molecule has 0 aromatic rings. The molecule has 1 saturated heterocycles. The smallest absolute Gasteiger partial charge is 0.216 e. The van der Waals surface area contributed by atoms with Gasteiger partial charge in [-0.05, 0) is 38.3 Å². The maximum absolute atomic E-state index is 10.6. The van der Waals surface area contributed by atoms with Gasteiger partial charge in [-0.1, -0.05) is 12.8 Å². The van der Waals surface area contributed by atoms with E-state index in [1.165, 1.54) is 38.8 Å². The van der Waals surface area contributed by atoms with Gasteiger partial charge < -0.3 is 10.6 Å². The van der Waals surface area contributed by atoms with Crippen LogP contribution in [0.1, 0.15) is 39.0 Å². The van der Waals surface area contributed by atoms with Crippen molar-refractivity contribution in [2.24, 2.45) is 5.92 Å². The van der Waals surface area contributed by atoms with E-state index >= 15 is 0 Å². The van der Waals surface area contributed by atoms with Gasteiger partial charge in [0.25, 0.3) is 0 Å². The SMILES string of the molecule is CC(=O)NCCCCC1CCNCC1. The standard InChI is InChI=1S/C11H22N2O/c1-10(14)13-7-3-2-4-11-5-8-12-9-6-11/h11-12H,2-9H2,1H3,(H,13,14). The van der Waals surface area contributed by atoms with Gasteiger partial charge in [-0.2, -0.15) is 0 Å². The molecule has 1 aliphatic heterocycles. The maximum Gasteiger partial charge on any atom is 0.216 e. The van der Waals surface area contributed by atoms with Gasteiger partial charge in [-0.25, -0.2) is 0 Å². The average Bonchev–Trinajstić information content (AvgIpc) is 2.18. The quantitative estimate of drug-likeness (QED) is 0.654. The van der Waals surface area contributed by atoms with Crippen LogP contribution >= 0.6 is 0 Å². The fraction of sp³-hybridized carbons (Fsp3) is 0.909. The lowest BCUT2D eigenvalue weighted by atomic mass is 9.92. The van der Waals surface area contributed by atoms with E-state index in [4.69, 9.17) is 0 Å². The highest BCUT2D eigenvalue weighted by Crippen LogP contribution is 2.18. The zero-order valence-corrected chi connectivity index (χ0v) is 9.14. The summed E-state index contributed by atoms with van der Waals surface area (Å²) >= 11 is 0. The molecule has 1 rings (SSSR count). The number of carbonyl (C=O) groups excluding carboxylic acids is 1. The Morgan fingerprint density at radius 1 is 1.36 bits per heavy atom. The van der Waals surface area contributed by atoms with Gasteiger partial charge in [0.05, 0.1) is 0 Å². The lowest BCUT2D eigenvalue weighted by Gasteiger charge is -2.22. The van der Waals surface area contributed by atoms with Crippen LogP contribution in [0.25, 0.3) is 0 Å². The summed E-state index contributed by atoms with van der Waals surface area (Å²) < 4.78 is 0. The third kappa shape index (κ3) is 5.22. The predicted molar refractivity (Wildman–Crippen MR) is 58.1 cm³/mol. The van der Waals surface area contributed by atoms with Crippen LogP contribution in [-0.2, 0) is 4.79 Å². The van der Waals surface area contributed by atoms with E-state index in [1.54, 1.807) is 6.92 Å². The first-order chi connectivity index (χ1) is 6.79. The lowest BCUT2D eigenvalue weighted by Crippen LogP contribution is -2.27. The summed E-state index contributed by atoms with van der Waals surface area (Å²) in [4.78, 5) is 10.6. The van der Waals surface area contributed by atoms with Crippen molar-refractivity contribution in [3.63, 3.8) is 0 Å². The Bertz CT molecular complexity index is 165. The number of hydrogen-bond donors (Lipinski definition) is 2. The summed E-state index contributed by atoms with van der Waals surface area (Å²) in [5.41, 5.74) is 0. The Hall–Kier alpha value is -0.570. The van der Waals surface area contributed by atoms with Crippen molar-refractivity contribution < 1.29 is 4.79 Å². The molecule has 1 heterocycles. The molecular weight excluding hydrogens is 176 g/mol. The topological polar surface area (TPSA) is 41.1 Å². The number of hydrogen-bond acceptors (Lipinski definition) is 2. The van der Waals surface area contributed by atoms with Crippen molar-refractivity contribution in [2.45, 2.75) is 39.0 Å². The maximum atomic E-state index is 10.6. The Labute approximate surface area is 86.6 Å². The third-order valence-electron chi connectivity index (χ3n) is 2.87. The minimum Gasteiger partial charge on any atom is -0.356 e. The number of nitrogens with one attached hydrogen (secondary N) is 2. The highest BCUT2D eigenvalue weighted by Gasteiger charge is 2.11. The van der Waals surface area contributed by atoms with Crippen LogP contribution in [-0.4, -0.2) is 25.5 Å². The minimum atomic E-state index is 0.0897. The second-order valence-corrected chi connectivity index (χ2v) is 4.17. The van der Waals surface area contributed by atoms with Crippen LogP contribution in [0, 0.1) is 5.92 Å². The summed E-state index contributed by atoms with van der Waals surface area (Å²) in [6.07, 6.45) is 6.38. The van der Waals surface area contributed by atoms with Crippen LogP contribution in [0.3, 0.4) is 0 Å². The molecule has 0 radical (unpaired) electrons. The Morgan fingerprint density at radius 2 is 2.07 bits per heavy atom. The molecule has 1 aliphatic rings. The average molecular weight is 198 g/mol. The fourth-order valence-corrected chi connectivity index (χ4v) is 1.99. The van der Waals surface area contributed by atoms with Crippen LogP contribution in [0.15, 0.2) is 0 Å². The summed E-state index contributed by atoms with van der Waals surface area (Å²) in [6, 6.07) is 0. The molecule has 0 spiro atoms. The normalized spacial score (nSPS) is 18.1. The molecule has 1 amide bonds. The molecule has 0 aliphatic carbocycles. The molecule has 0 unspecified atom stereocenters. The Balaban J connectivity index is 1.90. The monoisotopic (exact) mass is 198 g/mol. The van der Waals surface area contributed by atoms with Crippen molar-refractivity contribution in [1.82, 2.24) is 10.6 Å². The van der Waals surface area contributed by atoms with Crippen molar-refractivity contribution in [2.75, 3.05) is 19.6 Å². The van der Waals surface area contributed by atoms with Crippen molar-refractivity contribution in [3.8, 4) is 0 Å². The first kappa shape index (κ1) is 11.5. The first-order valence-electron chi connectivity index (χ1n) is 5.74. The molecule has 0 aromatic carbocycles. The molecule has 0 saturated carbocycles. The van der Waals surface area contributed by atoms with Crippen LogP contribution in [0.2, 0.25) is 0 Å². The molecular formula is C11H22N2O. The second kappa shape index (κ2) is 6.82. The van der Waals surface area contributed by atoms with E-state index in [-0.39, 0.29) is 5.91 Å². The van der Waals surface area contributed by atoms with Crippen molar-refractivity contribution in [1.29, 1.82) is 0 Å². The van der Waals surface area contributed by atoms with Gasteiger partial charge in [0.1, 0.15) is 0 Å². The molecule has 0 aromatic heterocycles. The van der Waals surface area contributed by atoms with E-state index in [0.29, 0.717) is 0 Å². The first-order valence-corrected chi connectivity index (χ1v) is 5.74. The molecule has 1 fully saturated rings. The van der Waals surface area contributed by atoms with E-state index in [0.717, 1.165) is 18.9 Å². The minimum absolute atomic E-state index is 0.0897. The molecule has 0 bridgehead atoms. The van der Waals surface area contributed by atoms with Crippen molar-refractivity contribution in [3.05, 3.63) is 0 Å². The summed E-state index contributed by atoms with van der Waals surface area (Å²) in [5.74, 6) is 1.01. The van der Waals surface area contributed by atoms with Crippen molar-refractivity contribution >= 4 is 5.91 Å². The van der Waals surface area contributed by atoms with Gasteiger partial charge in [0.15, 0.2) is 0 Å². The Morgan fingerprint density at radius 3 is 2.71 bits per heavy atom. The zero-order chi connectivity index (χ0) is 10.2. The lowest BCUT2D eigenvalue weighted by molar-refractivity contribution is -0.118. The third-order valence-corrected chi connectivity index (χ3v) is 2.87.